The van der Waals surface area contributed by atoms with E-state index in [2.05, 4.69) is 0 Å². The van der Waals surface area contributed by atoms with Gasteiger partial charge in [0, 0.05) is 17.3 Å². The van der Waals surface area contributed by atoms with E-state index in [-0.39, 0.29) is 18.3 Å². The van der Waals surface area contributed by atoms with E-state index in [1.807, 2.05) is 20.8 Å². The van der Waals surface area contributed by atoms with Crippen molar-refractivity contribution in [1.82, 2.24) is 0 Å². The molecule has 2 aliphatic rings. The van der Waals surface area contributed by atoms with E-state index in [1.54, 1.807) is 6.92 Å². The molecule has 0 aromatic heterocycles. The van der Waals surface area contributed by atoms with Gasteiger partial charge in [0.25, 0.3) is 0 Å². The molecule has 0 spiro atoms. The standard InChI is InChI=1S/C22H32O6/c1-5-6-7-13(3)17-20(26)19(25)14-10-12(2)11-15(21(27)28)18(14)22(17,4)16(24)8-9-23/h9,12-15,17-18H,5-8,10-11H2,1-4H3,(H,27,28). The Morgan fingerprint density at radius 1 is 1.25 bits per heavy atom. The maximum absolute atomic E-state index is 13.2. The third-order valence-electron chi connectivity index (χ3n) is 7.15. The van der Waals surface area contributed by atoms with Crippen LogP contribution in [0.4, 0.5) is 0 Å². The van der Waals surface area contributed by atoms with Crippen molar-refractivity contribution in [3.05, 3.63) is 0 Å². The third kappa shape index (κ3) is 3.70. The molecule has 0 aromatic rings. The highest BCUT2D eigenvalue weighted by molar-refractivity contribution is 6.40. The normalized spacial score (nSPS) is 36.5. The fraction of sp³-hybridized carbons (Fsp3) is 0.773. The van der Waals surface area contributed by atoms with Crippen molar-refractivity contribution in [3.8, 4) is 0 Å². The molecular weight excluding hydrogens is 360 g/mol. The number of rotatable bonds is 8. The van der Waals surface area contributed by atoms with Crippen LogP contribution >= 0.6 is 0 Å². The molecule has 0 saturated heterocycles. The van der Waals surface area contributed by atoms with Crippen LogP contribution in [0.25, 0.3) is 0 Å². The van der Waals surface area contributed by atoms with Crippen molar-refractivity contribution in [2.45, 2.75) is 66.2 Å². The molecule has 2 aliphatic carbocycles. The maximum atomic E-state index is 13.2. The molecule has 28 heavy (non-hydrogen) atoms. The summed E-state index contributed by atoms with van der Waals surface area (Å²) >= 11 is 0. The van der Waals surface area contributed by atoms with Crippen molar-refractivity contribution in [3.63, 3.8) is 0 Å². The van der Waals surface area contributed by atoms with E-state index in [4.69, 9.17) is 0 Å². The highest BCUT2D eigenvalue weighted by Crippen LogP contribution is 2.57. The minimum absolute atomic E-state index is 0.0152. The Kier molecular flexibility index (Phi) is 6.94. The predicted octanol–water partition coefficient (Wildman–Crippen LogP) is 3.11. The molecule has 6 nitrogen and oxygen atoms in total. The number of hydrogen-bond donors (Lipinski definition) is 1. The van der Waals surface area contributed by atoms with Crippen LogP contribution in [0.3, 0.4) is 0 Å². The SMILES string of the molecule is CCCCC(C)C1C(=O)C(=O)C2CC(C)CC(C(=O)O)C2C1(C)C(=O)CC=O. The fourth-order valence-electron chi connectivity index (χ4n) is 5.91. The Labute approximate surface area is 166 Å². The zero-order valence-electron chi connectivity index (χ0n) is 17.3. The Bertz CT molecular complexity index is 668. The molecule has 2 rings (SSSR count). The van der Waals surface area contributed by atoms with E-state index in [0.29, 0.717) is 25.5 Å². The third-order valence-corrected chi connectivity index (χ3v) is 7.15. The summed E-state index contributed by atoms with van der Waals surface area (Å²) in [6.45, 7) is 7.40. The largest absolute Gasteiger partial charge is 0.481 e. The zero-order chi connectivity index (χ0) is 21.2. The number of carbonyl (C=O) groups excluding carboxylic acids is 4. The van der Waals surface area contributed by atoms with Crippen molar-refractivity contribution in [1.29, 1.82) is 0 Å². The molecule has 2 saturated carbocycles. The van der Waals surface area contributed by atoms with Crippen molar-refractivity contribution < 1.29 is 29.1 Å². The number of fused-ring (bicyclic) bond motifs is 1. The zero-order valence-corrected chi connectivity index (χ0v) is 17.3. The first-order valence-corrected chi connectivity index (χ1v) is 10.4. The average molecular weight is 392 g/mol. The van der Waals surface area contributed by atoms with Gasteiger partial charge in [0.1, 0.15) is 12.1 Å². The maximum Gasteiger partial charge on any atom is 0.306 e. The first-order chi connectivity index (χ1) is 13.1. The van der Waals surface area contributed by atoms with Crippen molar-refractivity contribution in [2.24, 2.45) is 40.9 Å². The summed E-state index contributed by atoms with van der Waals surface area (Å²) in [6, 6.07) is 0. The molecule has 6 heteroatoms. The highest BCUT2D eigenvalue weighted by atomic mass is 16.4. The van der Waals surface area contributed by atoms with E-state index >= 15 is 0 Å². The number of aliphatic carboxylic acids is 1. The number of Topliss-reactive ketones (excluding diaryl/α,β-unsaturated/α-hetero) is 3. The molecule has 1 N–H and O–H groups in total. The van der Waals surface area contributed by atoms with Gasteiger partial charge in [0.2, 0.25) is 11.6 Å². The summed E-state index contributed by atoms with van der Waals surface area (Å²) in [5.41, 5.74) is -1.31. The molecular formula is C22H32O6. The summed E-state index contributed by atoms with van der Waals surface area (Å²) in [4.78, 5) is 62.6. The van der Waals surface area contributed by atoms with E-state index in [1.165, 1.54) is 0 Å². The fourth-order valence-corrected chi connectivity index (χ4v) is 5.91. The molecule has 2 fully saturated rings. The number of ketones is 3. The van der Waals surface area contributed by atoms with Crippen LogP contribution in [0.5, 0.6) is 0 Å². The van der Waals surface area contributed by atoms with Crippen molar-refractivity contribution in [2.75, 3.05) is 0 Å². The minimum Gasteiger partial charge on any atom is -0.481 e. The Balaban J connectivity index is 2.63. The van der Waals surface area contributed by atoms with Crippen LogP contribution in [0, 0.1) is 40.9 Å². The van der Waals surface area contributed by atoms with Crippen molar-refractivity contribution >= 4 is 29.6 Å². The lowest BCUT2D eigenvalue weighted by molar-refractivity contribution is -0.175. The average Bonchev–Trinajstić information content (AvgIpc) is 2.63. The van der Waals surface area contributed by atoms with Crippen LogP contribution in [-0.4, -0.2) is 34.7 Å². The van der Waals surface area contributed by atoms with Gasteiger partial charge >= 0.3 is 5.97 Å². The van der Waals surface area contributed by atoms with Gasteiger partial charge in [-0.25, -0.2) is 0 Å². The van der Waals surface area contributed by atoms with Crippen LogP contribution in [0.1, 0.15) is 66.2 Å². The number of carboxylic acids is 1. The number of hydrogen-bond acceptors (Lipinski definition) is 5. The molecule has 0 aromatic carbocycles. The molecule has 7 unspecified atom stereocenters. The Morgan fingerprint density at radius 3 is 2.43 bits per heavy atom. The summed E-state index contributed by atoms with van der Waals surface area (Å²) in [5, 5.41) is 9.88. The molecule has 7 atom stereocenters. The minimum atomic E-state index is -1.31. The molecule has 0 aliphatic heterocycles. The quantitative estimate of drug-likeness (QED) is 0.386. The Hall–Kier alpha value is -1.85. The predicted molar refractivity (Wildman–Crippen MR) is 102 cm³/mol. The topological polar surface area (TPSA) is 106 Å². The van der Waals surface area contributed by atoms with Gasteiger partial charge < -0.3 is 9.90 Å². The molecule has 0 radical (unpaired) electrons. The second kappa shape index (κ2) is 8.66. The van der Waals surface area contributed by atoms with Crippen LogP contribution < -0.4 is 0 Å². The monoisotopic (exact) mass is 392 g/mol. The lowest BCUT2D eigenvalue weighted by Gasteiger charge is -2.54. The lowest BCUT2D eigenvalue weighted by Crippen LogP contribution is -2.63. The second-order valence-corrected chi connectivity index (χ2v) is 9.06. The molecule has 0 bridgehead atoms. The van der Waals surface area contributed by atoms with Crippen LogP contribution in [0.15, 0.2) is 0 Å². The van der Waals surface area contributed by atoms with Crippen LogP contribution in [0.2, 0.25) is 0 Å². The van der Waals surface area contributed by atoms with Gasteiger partial charge in [-0.3, -0.25) is 19.2 Å². The van der Waals surface area contributed by atoms with E-state index in [9.17, 15) is 29.1 Å². The number of unbranched alkanes of at least 4 members (excludes halogenated alkanes) is 1. The van der Waals surface area contributed by atoms with Gasteiger partial charge in [-0.15, -0.1) is 0 Å². The number of carbonyl (C=O) groups is 5. The van der Waals surface area contributed by atoms with Gasteiger partial charge in [-0.05, 0) is 37.0 Å². The van der Waals surface area contributed by atoms with Crippen LogP contribution in [-0.2, 0) is 24.0 Å². The smallest absolute Gasteiger partial charge is 0.306 e. The highest BCUT2D eigenvalue weighted by Gasteiger charge is 2.64. The number of aldehydes is 1. The number of carboxylic acid groups (broad SMARTS) is 1. The summed E-state index contributed by atoms with van der Waals surface area (Å²) in [6.07, 6.45) is 3.38. The molecule has 0 amide bonds. The van der Waals surface area contributed by atoms with Gasteiger partial charge in [-0.1, -0.05) is 40.5 Å². The first-order valence-electron chi connectivity index (χ1n) is 10.4. The second-order valence-electron chi connectivity index (χ2n) is 9.06. The lowest BCUT2D eigenvalue weighted by atomic mass is 9.45. The molecule has 0 heterocycles. The summed E-state index contributed by atoms with van der Waals surface area (Å²) in [7, 11) is 0. The van der Waals surface area contributed by atoms with E-state index < -0.39 is 52.4 Å². The molecule has 156 valence electrons. The summed E-state index contributed by atoms with van der Waals surface area (Å²) in [5.74, 6) is -5.99. The summed E-state index contributed by atoms with van der Waals surface area (Å²) < 4.78 is 0. The van der Waals surface area contributed by atoms with Gasteiger partial charge in [0.15, 0.2) is 0 Å². The van der Waals surface area contributed by atoms with Gasteiger partial charge in [-0.2, -0.15) is 0 Å². The first kappa shape index (κ1) is 22.4. The van der Waals surface area contributed by atoms with E-state index in [0.717, 1.165) is 12.8 Å². The van der Waals surface area contributed by atoms with Gasteiger partial charge in [0.05, 0.1) is 12.3 Å². The Morgan fingerprint density at radius 2 is 1.89 bits per heavy atom.